The summed E-state index contributed by atoms with van der Waals surface area (Å²) in [6.07, 6.45) is 38.1. The topological polar surface area (TPSA) is 237 Å². The highest BCUT2D eigenvalue weighted by Gasteiger charge is 2.30. The highest BCUT2D eigenvalue weighted by Crippen LogP contribution is 2.45. The Morgan fingerprint density at radius 2 is 0.513 bits per heavy atom. The summed E-state index contributed by atoms with van der Waals surface area (Å²) in [5.41, 5.74) is 0. The van der Waals surface area contributed by atoms with Crippen molar-refractivity contribution < 1.29 is 80.2 Å². The molecule has 19 heteroatoms. The second-order valence-electron chi connectivity index (χ2n) is 21.4. The molecule has 0 bridgehead atoms. The zero-order chi connectivity index (χ0) is 57.6. The van der Waals surface area contributed by atoms with Crippen LogP contribution in [0.3, 0.4) is 0 Å². The van der Waals surface area contributed by atoms with Gasteiger partial charge < -0.3 is 33.8 Å². The number of rotatable bonds is 60. The van der Waals surface area contributed by atoms with Crippen molar-refractivity contribution in [2.24, 2.45) is 0 Å². The summed E-state index contributed by atoms with van der Waals surface area (Å²) in [5.74, 6) is -2.16. The first-order valence-electron chi connectivity index (χ1n) is 31.3. The number of hydrogen-bond acceptors (Lipinski definition) is 15. The van der Waals surface area contributed by atoms with Gasteiger partial charge >= 0.3 is 39.5 Å². The maximum Gasteiger partial charge on any atom is 0.472 e. The van der Waals surface area contributed by atoms with Crippen LogP contribution in [0.1, 0.15) is 297 Å². The molecule has 0 aromatic rings. The summed E-state index contributed by atoms with van der Waals surface area (Å²) in [6, 6.07) is 0. The maximum absolute atomic E-state index is 12.9. The Labute approximate surface area is 473 Å². The molecule has 2 unspecified atom stereocenters. The van der Waals surface area contributed by atoms with Crippen LogP contribution in [0, 0.1) is 0 Å². The molecule has 0 aromatic heterocycles. The molecule has 0 heterocycles. The molecule has 0 aliphatic rings. The molecule has 0 aliphatic carbocycles. The molecule has 0 aliphatic heterocycles. The second-order valence-corrected chi connectivity index (χ2v) is 24.3. The van der Waals surface area contributed by atoms with Crippen LogP contribution >= 0.6 is 15.6 Å². The Morgan fingerprint density at radius 1 is 0.308 bits per heavy atom. The fourth-order valence-corrected chi connectivity index (χ4v) is 10.3. The van der Waals surface area contributed by atoms with Gasteiger partial charge in [0.15, 0.2) is 12.2 Å². The zero-order valence-electron chi connectivity index (χ0n) is 49.6. The van der Waals surface area contributed by atoms with Crippen LogP contribution in [-0.2, 0) is 65.4 Å². The Kier molecular flexibility index (Phi) is 53.0. The number of unbranched alkanes of at least 4 members (excludes halogenated alkanes) is 34. The van der Waals surface area contributed by atoms with Crippen LogP contribution in [-0.4, -0.2) is 96.7 Å². The van der Waals surface area contributed by atoms with Gasteiger partial charge in [0.2, 0.25) is 0 Å². The minimum absolute atomic E-state index is 0.104. The Bertz CT molecular complexity index is 1520. The van der Waals surface area contributed by atoms with Crippen LogP contribution < -0.4 is 0 Å². The number of aliphatic hydroxyl groups excluding tert-OH is 1. The SMILES string of the molecule is CCCCCCCCCCCCCCCCCCCC(=O)O[C@H](COC(=O)CCCCCCCCCC)COP(=O)(O)OC[C@@H](O)COP(=O)(O)OC[C@@H](COC(=O)CCCCCCC)OC(=O)CCCCCCCCCC. The van der Waals surface area contributed by atoms with E-state index in [9.17, 15) is 43.2 Å². The van der Waals surface area contributed by atoms with E-state index < -0.39 is 97.5 Å². The van der Waals surface area contributed by atoms with Gasteiger partial charge in [-0.3, -0.25) is 37.3 Å². The van der Waals surface area contributed by atoms with Crippen molar-refractivity contribution in [2.75, 3.05) is 39.6 Å². The first-order valence-corrected chi connectivity index (χ1v) is 34.3. The molecular weight excluding hydrogens is 1040 g/mol. The summed E-state index contributed by atoms with van der Waals surface area (Å²) in [4.78, 5) is 71.6. The quantitative estimate of drug-likeness (QED) is 0.0222. The van der Waals surface area contributed by atoms with Gasteiger partial charge in [-0.05, 0) is 25.7 Å². The summed E-state index contributed by atoms with van der Waals surface area (Å²) in [5, 5.41) is 10.5. The van der Waals surface area contributed by atoms with Gasteiger partial charge in [0.25, 0.3) is 0 Å². The molecule has 462 valence electrons. The van der Waals surface area contributed by atoms with Crippen molar-refractivity contribution in [3.8, 4) is 0 Å². The second kappa shape index (κ2) is 54.3. The van der Waals surface area contributed by atoms with Crippen molar-refractivity contribution in [3.05, 3.63) is 0 Å². The van der Waals surface area contributed by atoms with Crippen LogP contribution in [0.5, 0.6) is 0 Å². The largest absolute Gasteiger partial charge is 0.472 e. The minimum atomic E-state index is -4.93. The lowest BCUT2D eigenvalue weighted by atomic mass is 10.0. The number of hydrogen-bond donors (Lipinski definition) is 3. The van der Waals surface area contributed by atoms with Crippen molar-refractivity contribution in [2.45, 2.75) is 316 Å². The average molecular weight is 1160 g/mol. The number of carbonyl (C=O) groups is 4. The standard InChI is InChI=1S/C59H114O17P2/c1-5-9-13-17-20-23-24-25-26-27-28-29-30-31-34-38-42-46-59(64)76-55(50-70-57(62)44-40-36-32-21-18-14-10-6-2)52-74-78(67,68)72-48-53(60)47-71-77(65,66)73-51-54(49-69-56(61)43-39-35-16-12-8-4)75-58(63)45-41-37-33-22-19-15-11-7-3/h53-55,60H,5-52H2,1-4H3,(H,65,66)(H,67,68)/t53-,54+,55+/m0/s1. The number of carbonyl (C=O) groups excluding carboxylic acids is 4. The molecule has 0 aromatic carbocycles. The highest BCUT2D eigenvalue weighted by atomic mass is 31.2. The predicted octanol–water partition coefficient (Wildman–Crippen LogP) is 16.0. The molecule has 78 heavy (non-hydrogen) atoms. The Morgan fingerprint density at radius 3 is 0.756 bits per heavy atom. The fourth-order valence-electron chi connectivity index (χ4n) is 8.75. The maximum atomic E-state index is 12.9. The van der Waals surface area contributed by atoms with Gasteiger partial charge in [-0.1, -0.05) is 246 Å². The third kappa shape index (κ3) is 53.4. The molecular formula is C59H114O17P2. The number of ether oxygens (including phenoxy) is 4. The molecule has 0 rings (SSSR count). The van der Waals surface area contributed by atoms with Crippen LogP contribution in [0.2, 0.25) is 0 Å². The lowest BCUT2D eigenvalue weighted by Crippen LogP contribution is -2.30. The van der Waals surface area contributed by atoms with E-state index in [0.29, 0.717) is 25.7 Å². The summed E-state index contributed by atoms with van der Waals surface area (Å²) >= 11 is 0. The molecule has 0 spiro atoms. The number of aliphatic hydroxyl groups is 1. The average Bonchev–Trinajstić information content (AvgIpc) is 3.41. The monoisotopic (exact) mass is 1160 g/mol. The number of esters is 4. The fraction of sp³-hybridized carbons (Fsp3) is 0.932. The van der Waals surface area contributed by atoms with Gasteiger partial charge in [-0.15, -0.1) is 0 Å². The van der Waals surface area contributed by atoms with Gasteiger partial charge in [0, 0.05) is 25.7 Å². The summed E-state index contributed by atoms with van der Waals surface area (Å²) < 4.78 is 67.5. The highest BCUT2D eigenvalue weighted by molar-refractivity contribution is 7.47. The molecule has 0 saturated heterocycles. The van der Waals surface area contributed by atoms with E-state index in [1.165, 1.54) is 109 Å². The molecule has 3 N–H and O–H groups in total. The van der Waals surface area contributed by atoms with Crippen LogP contribution in [0.4, 0.5) is 0 Å². The number of phosphoric ester groups is 2. The van der Waals surface area contributed by atoms with Crippen molar-refractivity contribution in [1.82, 2.24) is 0 Å². The normalized spacial score (nSPS) is 14.3. The van der Waals surface area contributed by atoms with E-state index in [1.54, 1.807) is 0 Å². The predicted molar refractivity (Wildman–Crippen MR) is 308 cm³/mol. The van der Waals surface area contributed by atoms with Crippen LogP contribution in [0.25, 0.3) is 0 Å². The van der Waals surface area contributed by atoms with Gasteiger partial charge in [-0.2, -0.15) is 0 Å². The molecule has 5 atom stereocenters. The lowest BCUT2D eigenvalue weighted by molar-refractivity contribution is -0.161. The van der Waals surface area contributed by atoms with Crippen LogP contribution in [0.15, 0.2) is 0 Å². The molecule has 0 amide bonds. The first-order chi connectivity index (χ1) is 37.7. The molecule has 0 saturated carbocycles. The van der Waals surface area contributed by atoms with Crippen molar-refractivity contribution >= 4 is 39.5 Å². The van der Waals surface area contributed by atoms with Crippen molar-refractivity contribution in [3.63, 3.8) is 0 Å². The van der Waals surface area contributed by atoms with Gasteiger partial charge in [-0.25, -0.2) is 9.13 Å². The first kappa shape index (κ1) is 76.1. The molecule has 0 fully saturated rings. The third-order valence-electron chi connectivity index (χ3n) is 13.6. The minimum Gasteiger partial charge on any atom is -0.462 e. The van der Waals surface area contributed by atoms with E-state index >= 15 is 0 Å². The van der Waals surface area contributed by atoms with E-state index in [2.05, 4.69) is 27.7 Å². The third-order valence-corrected chi connectivity index (χ3v) is 15.5. The van der Waals surface area contributed by atoms with E-state index in [4.69, 9.17) is 37.0 Å². The van der Waals surface area contributed by atoms with E-state index in [1.807, 2.05) is 0 Å². The Hall–Kier alpha value is -1.94. The lowest BCUT2D eigenvalue weighted by Gasteiger charge is -2.21. The summed E-state index contributed by atoms with van der Waals surface area (Å²) in [6.45, 7) is 4.72. The van der Waals surface area contributed by atoms with Gasteiger partial charge in [0.05, 0.1) is 26.4 Å². The van der Waals surface area contributed by atoms with Crippen molar-refractivity contribution in [1.29, 1.82) is 0 Å². The smallest absolute Gasteiger partial charge is 0.462 e. The zero-order valence-corrected chi connectivity index (χ0v) is 51.4. The molecule has 0 radical (unpaired) electrons. The number of phosphoric acid groups is 2. The van der Waals surface area contributed by atoms with E-state index in [-0.39, 0.29) is 25.7 Å². The van der Waals surface area contributed by atoms with Gasteiger partial charge in [0.1, 0.15) is 19.3 Å². The summed E-state index contributed by atoms with van der Waals surface area (Å²) in [7, 11) is -9.86. The van der Waals surface area contributed by atoms with E-state index in [0.717, 1.165) is 109 Å². The Balaban J connectivity index is 5.09. The molecule has 17 nitrogen and oxygen atoms in total.